The number of H-pyrrole nitrogens is 1. The van der Waals surface area contributed by atoms with Crippen LogP contribution in [0.15, 0.2) is 6.20 Å². The summed E-state index contributed by atoms with van der Waals surface area (Å²) in [6.07, 6.45) is 2.46. The zero-order valence-electron chi connectivity index (χ0n) is 11.4. The third-order valence-corrected chi connectivity index (χ3v) is 3.48. The number of hydrogen-bond donors (Lipinski definition) is 2. The van der Waals surface area contributed by atoms with Gasteiger partial charge in [0.15, 0.2) is 5.69 Å². The quantitative estimate of drug-likeness (QED) is 0.770. The number of aromatic nitrogens is 3. The predicted molar refractivity (Wildman–Crippen MR) is 71.6 cm³/mol. The van der Waals surface area contributed by atoms with E-state index >= 15 is 0 Å². The van der Waals surface area contributed by atoms with Crippen LogP contribution in [0.25, 0.3) is 0 Å². The number of nitrogens with two attached hydrogens (primary N) is 1. The molecule has 1 unspecified atom stereocenters. The molecule has 0 bridgehead atoms. The molecule has 0 spiro atoms. The lowest BCUT2D eigenvalue weighted by molar-refractivity contribution is 0.0755. The molecule has 0 radical (unpaired) electrons. The van der Waals surface area contributed by atoms with Gasteiger partial charge in [0.1, 0.15) is 0 Å². The van der Waals surface area contributed by atoms with Crippen molar-refractivity contribution in [2.75, 3.05) is 39.3 Å². The molecule has 0 saturated carbocycles. The van der Waals surface area contributed by atoms with Crippen LogP contribution in [0.1, 0.15) is 23.8 Å². The number of carbonyl (C=O) groups excluding carboxylic acids is 1. The van der Waals surface area contributed by atoms with Crippen LogP contribution < -0.4 is 5.73 Å². The van der Waals surface area contributed by atoms with E-state index in [1.165, 1.54) is 6.20 Å². The fraction of sp³-hybridized carbons (Fsp3) is 0.750. The summed E-state index contributed by atoms with van der Waals surface area (Å²) < 4.78 is 0. The fourth-order valence-corrected chi connectivity index (χ4v) is 2.34. The highest BCUT2D eigenvalue weighted by molar-refractivity contribution is 5.91. The SMILES string of the molecule is CC(CN)CN1CCCN(C(=O)c2cn[nH]n2)CC1. The Morgan fingerprint density at radius 3 is 3.00 bits per heavy atom. The summed E-state index contributed by atoms with van der Waals surface area (Å²) in [6.45, 7) is 7.30. The molecule has 1 aliphatic heterocycles. The topological polar surface area (TPSA) is 91.1 Å². The molecular weight excluding hydrogens is 244 g/mol. The smallest absolute Gasteiger partial charge is 0.276 e. The van der Waals surface area contributed by atoms with E-state index in [-0.39, 0.29) is 5.91 Å². The van der Waals surface area contributed by atoms with Gasteiger partial charge in [-0.1, -0.05) is 6.92 Å². The van der Waals surface area contributed by atoms with E-state index < -0.39 is 0 Å². The largest absolute Gasteiger partial charge is 0.336 e. The molecule has 2 heterocycles. The van der Waals surface area contributed by atoms with Gasteiger partial charge in [-0.2, -0.15) is 15.4 Å². The highest BCUT2D eigenvalue weighted by atomic mass is 16.2. The standard InChI is InChI=1S/C12H22N6O/c1-10(7-13)9-17-3-2-4-18(6-5-17)12(19)11-8-14-16-15-11/h8,10H,2-7,9,13H2,1H3,(H,14,15,16). The lowest BCUT2D eigenvalue weighted by Crippen LogP contribution is -2.37. The zero-order chi connectivity index (χ0) is 13.7. The van der Waals surface area contributed by atoms with Gasteiger partial charge >= 0.3 is 0 Å². The maximum Gasteiger partial charge on any atom is 0.276 e. The molecule has 1 saturated heterocycles. The Morgan fingerprint density at radius 2 is 2.32 bits per heavy atom. The summed E-state index contributed by atoms with van der Waals surface area (Å²) in [6, 6.07) is 0. The molecule has 1 aliphatic rings. The molecule has 0 aromatic carbocycles. The number of nitrogens with one attached hydrogen (secondary N) is 1. The molecule has 106 valence electrons. The van der Waals surface area contributed by atoms with Crippen LogP contribution in [-0.2, 0) is 0 Å². The molecule has 1 atom stereocenters. The summed E-state index contributed by atoms with van der Waals surface area (Å²) >= 11 is 0. The molecular formula is C12H22N6O. The second kappa shape index (κ2) is 6.63. The summed E-state index contributed by atoms with van der Waals surface area (Å²) in [5.74, 6) is 0.459. The van der Waals surface area contributed by atoms with Crippen LogP contribution in [0.5, 0.6) is 0 Å². The van der Waals surface area contributed by atoms with Gasteiger partial charge in [0.25, 0.3) is 5.91 Å². The summed E-state index contributed by atoms with van der Waals surface area (Å²) in [5.41, 5.74) is 6.05. The van der Waals surface area contributed by atoms with Crippen LogP contribution in [0.3, 0.4) is 0 Å². The van der Waals surface area contributed by atoms with Gasteiger partial charge in [0, 0.05) is 26.2 Å². The highest BCUT2D eigenvalue weighted by Crippen LogP contribution is 2.08. The Balaban J connectivity index is 1.88. The number of hydrogen-bond acceptors (Lipinski definition) is 5. The van der Waals surface area contributed by atoms with Crippen molar-refractivity contribution in [1.29, 1.82) is 0 Å². The first kappa shape index (κ1) is 14.0. The first-order valence-corrected chi connectivity index (χ1v) is 6.78. The average Bonchev–Trinajstić information content (AvgIpc) is 2.85. The first-order valence-electron chi connectivity index (χ1n) is 6.78. The summed E-state index contributed by atoms with van der Waals surface area (Å²) in [4.78, 5) is 16.4. The molecule has 3 N–H and O–H groups in total. The monoisotopic (exact) mass is 266 g/mol. The second-order valence-corrected chi connectivity index (χ2v) is 5.14. The van der Waals surface area contributed by atoms with Gasteiger partial charge in [-0.15, -0.1) is 0 Å². The van der Waals surface area contributed by atoms with Crippen LogP contribution in [-0.4, -0.2) is 70.4 Å². The molecule has 1 amide bonds. The van der Waals surface area contributed by atoms with Crippen molar-refractivity contribution in [3.05, 3.63) is 11.9 Å². The van der Waals surface area contributed by atoms with Crippen LogP contribution >= 0.6 is 0 Å². The van der Waals surface area contributed by atoms with E-state index in [1.54, 1.807) is 0 Å². The summed E-state index contributed by atoms with van der Waals surface area (Å²) in [7, 11) is 0. The molecule has 1 aromatic rings. The van der Waals surface area contributed by atoms with Crippen molar-refractivity contribution in [1.82, 2.24) is 25.2 Å². The molecule has 2 rings (SSSR count). The van der Waals surface area contributed by atoms with Crippen molar-refractivity contribution in [2.45, 2.75) is 13.3 Å². The predicted octanol–water partition coefficient (Wildman–Crippen LogP) is -0.453. The van der Waals surface area contributed by atoms with Crippen LogP contribution in [0.2, 0.25) is 0 Å². The lowest BCUT2D eigenvalue weighted by atomic mass is 10.1. The van der Waals surface area contributed by atoms with Gasteiger partial charge < -0.3 is 15.5 Å². The van der Waals surface area contributed by atoms with Gasteiger partial charge in [-0.05, 0) is 25.4 Å². The van der Waals surface area contributed by atoms with Gasteiger partial charge in [0.2, 0.25) is 0 Å². The lowest BCUT2D eigenvalue weighted by Gasteiger charge is -2.23. The van der Waals surface area contributed by atoms with Gasteiger partial charge in [-0.3, -0.25) is 4.79 Å². The normalized spacial score (nSPS) is 19.2. The van der Waals surface area contributed by atoms with Crippen molar-refractivity contribution >= 4 is 5.91 Å². The van der Waals surface area contributed by atoms with E-state index in [2.05, 4.69) is 27.2 Å². The van der Waals surface area contributed by atoms with Crippen LogP contribution in [0, 0.1) is 5.92 Å². The number of nitrogens with zero attached hydrogens (tertiary/aromatic N) is 4. The first-order chi connectivity index (χ1) is 9.20. The van der Waals surface area contributed by atoms with E-state index in [1.807, 2.05) is 4.90 Å². The van der Waals surface area contributed by atoms with E-state index in [9.17, 15) is 4.79 Å². The number of aromatic amines is 1. The zero-order valence-corrected chi connectivity index (χ0v) is 11.4. The number of carbonyl (C=O) groups is 1. The van der Waals surface area contributed by atoms with Crippen LogP contribution in [0.4, 0.5) is 0 Å². The second-order valence-electron chi connectivity index (χ2n) is 5.14. The van der Waals surface area contributed by atoms with Crippen molar-refractivity contribution in [3.8, 4) is 0 Å². The fourth-order valence-electron chi connectivity index (χ4n) is 2.34. The van der Waals surface area contributed by atoms with Crippen molar-refractivity contribution < 1.29 is 4.79 Å². The van der Waals surface area contributed by atoms with E-state index in [0.717, 1.165) is 39.1 Å². The van der Waals surface area contributed by atoms with Gasteiger partial charge in [-0.25, -0.2) is 0 Å². The Labute approximate surface area is 113 Å². The van der Waals surface area contributed by atoms with E-state index in [4.69, 9.17) is 5.73 Å². The Bertz CT molecular complexity index is 393. The maximum atomic E-state index is 12.2. The molecule has 7 heteroatoms. The van der Waals surface area contributed by atoms with Gasteiger partial charge in [0.05, 0.1) is 6.20 Å². The molecule has 1 fully saturated rings. The minimum absolute atomic E-state index is 0.0394. The van der Waals surface area contributed by atoms with Crippen molar-refractivity contribution in [3.63, 3.8) is 0 Å². The minimum atomic E-state index is -0.0394. The minimum Gasteiger partial charge on any atom is -0.336 e. The Morgan fingerprint density at radius 1 is 1.47 bits per heavy atom. The maximum absolute atomic E-state index is 12.2. The highest BCUT2D eigenvalue weighted by Gasteiger charge is 2.22. The Kier molecular flexibility index (Phi) is 4.86. The summed E-state index contributed by atoms with van der Waals surface area (Å²) in [5, 5.41) is 10.0. The molecule has 7 nitrogen and oxygen atoms in total. The molecule has 0 aliphatic carbocycles. The third kappa shape index (κ3) is 3.74. The molecule has 19 heavy (non-hydrogen) atoms. The van der Waals surface area contributed by atoms with Crippen molar-refractivity contribution in [2.24, 2.45) is 11.7 Å². The number of amides is 1. The number of rotatable bonds is 4. The van der Waals surface area contributed by atoms with E-state index in [0.29, 0.717) is 18.2 Å². The average molecular weight is 266 g/mol. The Hall–Kier alpha value is -1.47. The third-order valence-electron chi connectivity index (χ3n) is 3.48. The molecule has 1 aromatic heterocycles.